The van der Waals surface area contributed by atoms with Crippen molar-refractivity contribution >= 4 is 11.7 Å². The number of Topliss-reactive ketones (excluding diaryl/α,β-unsaturated/α-hetero) is 1. The van der Waals surface area contributed by atoms with Gasteiger partial charge in [0.05, 0.1) is 0 Å². The standard InChI is InChI=1S/C19H25NO4/c1-13(2)11-18(21)20-7-5-14(6-8-20)19(22)15-3-4-16-17(12-15)24-10-9-23-16/h3-4,12-14H,5-11H2,1-2H3. The van der Waals surface area contributed by atoms with E-state index in [1.807, 2.05) is 17.0 Å². The summed E-state index contributed by atoms with van der Waals surface area (Å²) in [6.45, 7) is 6.51. The van der Waals surface area contributed by atoms with E-state index in [9.17, 15) is 9.59 Å². The molecule has 2 aliphatic rings. The normalized spacial score (nSPS) is 17.9. The lowest BCUT2D eigenvalue weighted by atomic mass is 9.88. The van der Waals surface area contributed by atoms with Crippen LogP contribution in [0.5, 0.6) is 11.5 Å². The summed E-state index contributed by atoms with van der Waals surface area (Å²) in [5.41, 5.74) is 0.672. The zero-order valence-electron chi connectivity index (χ0n) is 14.4. The minimum absolute atomic E-state index is 0.0179. The van der Waals surface area contributed by atoms with Gasteiger partial charge in [0.15, 0.2) is 17.3 Å². The molecule has 1 amide bonds. The first-order valence-electron chi connectivity index (χ1n) is 8.76. The number of benzene rings is 1. The van der Waals surface area contributed by atoms with Crippen LogP contribution in [0.25, 0.3) is 0 Å². The van der Waals surface area contributed by atoms with Crippen LogP contribution in [-0.2, 0) is 4.79 Å². The van der Waals surface area contributed by atoms with Crippen LogP contribution in [0.3, 0.4) is 0 Å². The van der Waals surface area contributed by atoms with Gasteiger partial charge in [-0.1, -0.05) is 13.8 Å². The predicted octanol–water partition coefficient (Wildman–Crippen LogP) is 2.93. The highest BCUT2D eigenvalue weighted by Gasteiger charge is 2.28. The van der Waals surface area contributed by atoms with Crippen molar-refractivity contribution in [3.63, 3.8) is 0 Å². The summed E-state index contributed by atoms with van der Waals surface area (Å²) in [7, 11) is 0. The fraction of sp³-hybridized carbons (Fsp3) is 0.579. The van der Waals surface area contributed by atoms with Crippen LogP contribution in [0.1, 0.15) is 43.5 Å². The third kappa shape index (κ3) is 3.71. The van der Waals surface area contributed by atoms with Crippen LogP contribution in [0.2, 0.25) is 0 Å². The first kappa shape index (κ1) is 16.8. The molecule has 0 radical (unpaired) electrons. The molecule has 1 aromatic rings. The van der Waals surface area contributed by atoms with Gasteiger partial charge >= 0.3 is 0 Å². The molecule has 1 saturated heterocycles. The highest BCUT2D eigenvalue weighted by Crippen LogP contribution is 2.32. The lowest BCUT2D eigenvalue weighted by Crippen LogP contribution is -2.40. The van der Waals surface area contributed by atoms with Crippen LogP contribution in [0.15, 0.2) is 18.2 Å². The number of hydrogen-bond acceptors (Lipinski definition) is 4. The third-order valence-corrected chi connectivity index (χ3v) is 4.63. The summed E-state index contributed by atoms with van der Waals surface area (Å²) in [4.78, 5) is 26.8. The van der Waals surface area contributed by atoms with Crippen LogP contribution in [0.4, 0.5) is 0 Å². The molecule has 3 rings (SSSR count). The Morgan fingerprint density at radius 2 is 1.79 bits per heavy atom. The molecule has 0 atom stereocenters. The predicted molar refractivity (Wildman–Crippen MR) is 90.5 cm³/mol. The summed E-state index contributed by atoms with van der Waals surface area (Å²) in [6, 6.07) is 5.41. The highest BCUT2D eigenvalue weighted by molar-refractivity contribution is 5.98. The second-order valence-electron chi connectivity index (χ2n) is 6.98. The summed E-state index contributed by atoms with van der Waals surface area (Å²) < 4.78 is 11.1. The maximum absolute atomic E-state index is 12.7. The van der Waals surface area contributed by atoms with E-state index in [0.29, 0.717) is 55.7 Å². The van der Waals surface area contributed by atoms with Gasteiger partial charge in [0.2, 0.25) is 5.91 Å². The Balaban J connectivity index is 1.60. The van der Waals surface area contributed by atoms with Gasteiger partial charge in [0.1, 0.15) is 13.2 Å². The molecule has 5 nitrogen and oxygen atoms in total. The number of hydrogen-bond donors (Lipinski definition) is 0. The van der Waals surface area contributed by atoms with Crippen LogP contribution in [-0.4, -0.2) is 42.9 Å². The summed E-state index contributed by atoms with van der Waals surface area (Å²) in [5, 5.41) is 0. The third-order valence-electron chi connectivity index (χ3n) is 4.63. The van der Waals surface area contributed by atoms with Gasteiger partial charge in [-0.3, -0.25) is 9.59 Å². The van der Waals surface area contributed by atoms with Gasteiger partial charge in [0, 0.05) is 31.0 Å². The Morgan fingerprint density at radius 1 is 1.12 bits per heavy atom. The van der Waals surface area contributed by atoms with Crippen LogP contribution < -0.4 is 9.47 Å². The van der Waals surface area contributed by atoms with E-state index < -0.39 is 0 Å². The zero-order chi connectivity index (χ0) is 17.1. The van der Waals surface area contributed by atoms with Crippen molar-refractivity contribution in [1.82, 2.24) is 4.90 Å². The summed E-state index contributed by atoms with van der Waals surface area (Å²) >= 11 is 0. The van der Waals surface area contributed by atoms with E-state index in [1.165, 1.54) is 0 Å². The van der Waals surface area contributed by atoms with E-state index in [4.69, 9.17) is 9.47 Å². The van der Waals surface area contributed by atoms with Crippen molar-refractivity contribution in [2.45, 2.75) is 33.1 Å². The number of ketones is 1. The molecule has 24 heavy (non-hydrogen) atoms. The number of carbonyl (C=O) groups is 2. The molecule has 0 spiro atoms. The smallest absolute Gasteiger partial charge is 0.222 e. The minimum Gasteiger partial charge on any atom is -0.486 e. The van der Waals surface area contributed by atoms with Crippen molar-refractivity contribution in [1.29, 1.82) is 0 Å². The van der Waals surface area contributed by atoms with E-state index in [2.05, 4.69) is 13.8 Å². The van der Waals surface area contributed by atoms with Gasteiger partial charge in [-0.05, 0) is 37.0 Å². The Morgan fingerprint density at radius 3 is 2.46 bits per heavy atom. The van der Waals surface area contributed by atoms with Gasteiger partial charge in [-0.15, -0.1) is 0 Å². The molecular weight excluding hydrogens is 306 g/mol. The van der Waals surface area contributed by atoms with Crippen molar-refractivity contribution < 1.29 is 19.1 Å². The molecule has 0 N–H and O–H groups in total. The molecule has 0 unspecified atom stereocenters. The number of amides is 1. The summed E-state index contributed by atoms with van der Waals surface area (Å²) in [6.07, 6.45) is 2.05. The van der Waals surface area contributed by atoms with Gasteiger partial charge in [0.25, 0.3) is 0 Å². The molecule has 2 heterocycles. The fourth-order valence-electron chi connectivity index (χ4n) is 3.30. The maximum atomic E-state index is 12.7. The molecule has 0 saturated carbocycles. The number of nitrogens with zero attached hydrogens (tertiary/aromatic N) is 1. The molecule has 130 valence electrons. The molecule has 0 bridgehead atoms. The van der Waals surface area contributed by atoms with E-state index >= 15 is 0 Å². The SMILES string of the molecule is CC(C)CC(=O)N1CCC(C(=O)c2ccc3c(c2)OCCO3)CC1. The summed E-state index contributed by atoms with van der Waals surface area (Å²) in [5.74, 6) is 2.05. The first-order chi connectivity index (χ1) is 11.5. The number of fused-ring (bicyclic) bond motifs is 1. The maximum Gasteiger partial charge on any atom is 0.222 e. The average molecular weight is 331 g/mol. The van der Waals surface area contributed by atoms with Crippen LogP contribution in [0, 0.1) is 11.8 Å². The number of rotatable bonds is 4. The van der Waals surface area contributed by atoms with Crippen molar-refractivity contribution in [3.05, 3.63) is 23.8 Å². The van der Waals surface area contributed by atoms with Crippen molar-refractivity contribution in [3.8, 4) is 11.5 Å². The lowest BCUT2D eigenvalue weighted by Gasteiger charge is -2.32. The quantitative estimate of drug-likeness (QED) is 0.796. The Kier molecular flexibility index (Phi) is 5.07. The monoisotopic (exact) mass is 331 g/mol. The molecular formula is C19H25NO4. The number of piperidine rings is 1. The molecule has 1 fully saturated rings. The lowest BCUT2D eigenvalue weighted by molar-refractivity contribution is -0.133. The number of likely N-dealkylation sites (tertiary alicyclic amines) is 1. The molecule has 0 aromatic heterocycles. The van der Waals surface area contributed by atoms with Gasteiger partial charge in [-0.2, -0.15) is 0 Å². The topological polar surface area (TPSA) is 55.8 Å². The number of carbonyl (C=O) groups excluding carboxylic acids is 2. The van der Waals surface area contributed by atoms with E-state index in [-0.39, 0.29) is 17.6 Å². The average Bonchev–Trinajstić information content (AvgIpc) is 2.60. The minimum atomic E-state index is -0.0179. The Bertz CT molecular complexity index is 618. The molecule has 2 aliphatic heterocycles. The number of ether oxygens (including phenoxy) is 2. The Labute approximate surface area is 142 Å². The van der Waals surface area contributed by atoms with E-state index in [1.54, 1.807) is 6.07 Å². The van der Waals surface area contributed by atoms with Gasteiger partial charge in [-0.25, -0.2) is 0 Å². The van der Waals surface area contributed by atoms with Crippen LogP contribution >= 0.6 is 0 Å². The van der Waals surface area contributed by atoms with Gasteiger partial charge < -0.3 is 14.4 Å². The molecule has 1 aromatic carbocycles. The first-order valence-corrected chi connectivity index (χ1v) is 8.76. The zero-order valence-corrected chi connectivity index (χ0v) is 14.4. The largest absolute Gasteiger partial charge is 0.486 e. The Hall–Kier alpha value is -2.04. The highest BCUT2D eigenvalue weighted by atomic mass is 16.6. The molecule has 5 heteroatoms. The van der Waals surface area contributed by atoms with Crippen molar-refractivity contribution in [2.24, 2.45) is 11.8 Å². The van der Waals surface area contributed by atoms with Crippen molar-refractivity contribution in [2.75, 3.05) is 26.3 Å². The second kappa shape index (κ2) is 7.24. The van der Waals surface area contributed by atoms with E-state index in [0.717, 1.165) is 12.8 Å². The fourth-order valence-corrected chi connectivity index (χ4v) is 3.30. The second-order valence-corrected chi connectivity index (χ2v) is 6.98. The molecule has 0 aliphatic carbocycles.